The van der Waals surface area contributed by atoms with Gasteiger partial charge >= 0.3 is 0 Å². The first-order valence-corrected chi connectivity index (χ1v) is 10.6. The lowest BCUT2D eigenvalue weighted by atomic mass is 10.1. The molecular formula is C20H20ClN5OS. The van der Waals surface area contributed by atoms with Crippen LogP contribution in [0.1, 0.15) is 37.2 Å². The molecule has 0 saturated heterocycles. The summed E-state index contributed by atoms with van der Waals surface area (Å²) in [4.78, 5) is 15.0. The lowest BCUT2D eigenvalue weighted by molar-refractivity contribution is 0.185. The summed E-state index contributed by atoms with van der Waals surface area (Å²) in [6.07, 6.45) is 2.39. The van der Waals surface area contributed by atoms with E-state index in [0.717, 1.165) is 21.1 Å². The molecule has 5 rings (SSSR count). The van der Waals surface area contributed by atoms with E-state index in [-0.39, 0.29) is 11.6 Å². The van der Waals surface area contributed by atoms with Crippen molar-refractivity contribution in [1.29, 1.82) is 0 Å². The second kappa shape index (κ2) is 6.69. The number of halogens is 1. The van der Waals surface area contributed by atoms with Crippen molar-refractivity contribution < 1.29 is 0 Å². The summed E-state index contributed by atoms with van der Waals surface area (Å²) in [5.74, 6) is 1.45. The Hall–Kier alpha value is -2.22. The highest BCUT2D eigenvalue weighted by Crippen LogP contribution is 2.36. The molecule has 4 aromatic rings. The topological polar surface area (TPSA) is 55.4 Å². The molecule has 0 N–H and O–H groups in total. The molecular weight excluding hydrogens is 394 g/mol. The first kappa shape index (κ1) is 17.8. The zero-order chi connectivity index (χ0) is 19.4. The van der Waals surface area contributed by atoms with E-state index >= 15 is 0 Å². The Balaban J connectivity index is 1.58. The molecule has 0 bridgehead atoms. The molecule has 3 heterocycles. The van der Waals surface area contributed by atoms with Crippen LogP contribution in [0.5, 0.6) is 0 Å². The van der Waals surface area contributed by atoms with Gasteiger partial charge in [0.15, 0.2) is 5.82 Å². The third kappa shape index (κ3) is 2.85. The summed E-state index contributed by atoms with van der Waals surface area (Å²) in [6, 6.07) is 10.8. The maximum Gasteiger partial charge on any atom is 0.272 e. The van der Waals surface area contributed by atoms with Crippen LogP contribution in [-0.2, 0) is 13.6 Å². The number of hydrogen-bond donors (Lipinski definition) is 0. The third-order valence-electron chi connectivity index (χ3n) is 5.59. The number of benzene rings is 1. The average Bonchev–Trinajstić information content (AvgIpc) is 3.26. The van der Waals surface area contributed by atoms with Gasteiger partial charge < -0.3 is 0 Å². The SMILES string of the molecule is CC(c1ccc(Cl)cc1)N(Cc1nnc2n(C)c(=O)c3sccc3n12)C1CC1. The summed E-state index contributed by atoms with van der Waals surface area (Å²) < 4.78 is 4.34. The number of fused-ring (bicyclic) bond motifs is 3. The molecule has 1 unspecified atom stereocenters. The predicted molar refractivity (Wildman–Crippen MR) is 112 cm³/mol. The molecule has 8 heteroatoms. The molecule has 1 saturated carbocycles. The molecule has 0 radical (unpaired) electrons. The standard InChI is InChI=1S/C20H20ClN5OS/c1-12(13-3-5-14(21)6-4-13)25(15-7-8-15)11-17-22-23-20-24(2)19(27)18-16(26(17)20)9-10-28-18/h3-6,9-10,12,15H,7-8,11H2,1-2H3. The van der Waals surface area contributed by atoms with Gasteiger partial charge in [0.05, 0.1) is 12.1 Å². The first-order valence-electron chi connectivity index (χ1n) is 9.36. The van der Waals surface area contributed by atoms with Gasteiger partial charge in [-0.1, -0.05) is 23.7 Å². The van der Waals surface area contributed by atoms with Crippen LogP contribution in [0.4, 0.5) is 0 Å². The Kier molecular flexibility index (Phi) is 4.26. The van der Waals surface area contributed by atoms with E-state index in [1.807, 2.05) is 28.0 Å². The number of aryl methyl sites for hydroxylation is 1. The van der Waals surface area contributed by atoms with Gasteiger partial charge in [-0.2, -0.15) is 0 Å². The summed E-state index contributed by atoms with van der Waals surface area (Å²) in [5, 5.41) is 11.5. The van der Waals surface area contributed by atoms with E-state index in [2.05, 4.69) is 34.2 Å². The second-order valence-corrected chi connectivity index (χ2v) is 8.73. The van der Waals surface area contributed by atoms with Gasteiger partial charge in [-0.05, 0) is 48.9 Å². The van der Waals surface area contributed by atoms with Gasteiger partial charge in [-0.25, -0.2) is 0 Å². The highest BCUT2D eigenvalue weighted by atomic mass is 35.5. The number of thiophene rings is 1. The molecule has 28 heavy (non-hydrogen) atoms. The fraction of sp³-hybridized carbons (Fsp3) is 0.350. The molecule has 0 aliphatic heterocycles. The van der Waals surface area contributed by atoms with Gasteiger partial charge in [0.25, 0.3) is 5.56 Å². The van der Waals surface area contributed by atoms with Crippen molar-refractivity contribution in [2.24, 2.45) is 7.05 Å². The van der Waals surface area contributed by atoms with Crippen molar-refractivity contribution >= 4 is 38.9 Å². The fourth-order valence-corrected chi connectivity index (χ4v) is 4.82. The maximum atomic E-state index is 12.5. The van der Waals surface area contributed by atoms with Crippen LogP contribution in [0, 0.1) is 0 Å². The van der Waals surface area contributed by atoms with Crippen molar-refractivity contribution in [2.75, 3.05) is 0 Å². The number of nitrogens with zero attached hydrogens (tertiary/aromatic N) is 5. The quantitative estimate of drug-likeness (QED) is 0.495. The minimum Gasteiger partial charge on any atom is -0.286 e. The lowest BCUT2D eigenvalue weighted by Gasteiger charge is -2.29. The predicted octanol–water partition coefficient (Wildman–Crippen LogP) is 4.02. The van der Waals surface area contributed by atoms with Gasteiger partial charge in [-0.15, -0.1) is 21.5 Å². The zero-order valence-electron chi connectivity index (χ0n) is 15.7. The molecule has 0 spiro atoms. The second-order valence-electron chi connectivity index (χ2n) is 7.38. The van der Waals surface area contributed by atoms with Crippen LogP contribution >= 0.6 is 22.9 Å². The zero-order valence-corrected chi connectivity index (χ0v) is 17.2. The normalized spacial score (nSPS) is 15.7. The number of aromatic nitrogens is 4. The molecule has 1 aromatic carbocycles. The number of hydrogen-bond acceptors (Lipinski definition) is 5. The van der Waals surface area contributed by atoms with E-state index in [9.17, 15) is 4.79 Å². The van der Waals surface area contributed by atoms with Crippen LogP contribution in [-0.4, -0.2) is 30.1 Å². The highest BCUT2D eigenvalue weighted by Gasteiger charge is 2.34. The maximum absolute atomic E-state index is 12.5. The molecule has 1 fully saturated rings. The van der Waals surface area contributed by atoms with Gasteiger partial charge in [0.2, 0.25) is 5.78 Å². The average molecular weight is 414 g/mol. The first-order chi connectivity index (χ1) is 13.5. The summed E-state index contributed by atoms with van der Waals surface area (Å²) in [6.45, 7) is 2.90. The number of rotatable bonds is 5. The van der Waals surface area contributed by atoms with Crippen LogP contribution in [0.15, 0.2) is 40.5 Å². The van der Waals surface area contributed by atoms with Crippen molar-refractivity contribution in [1.82, 2.24) is 24.1 Å². The molecule has 0 amide bonds. The summed E-state index contributed by atoms with van der Waals surface area (Å²) >= 11 is 7.52. The monoisotopic (exact) mass is 413 g/mol. The molecule has 144 valence electrons. The molecule has 1 aliphatic carbocycles. The van der Waals surface area contributed by atoms with Crippen molar-refractivity contribution in [3.8, 4) is 0 Å². The largest absolute Gasteiger partial charge is 0.286 e. The Labute approximate surface area is 171 Å². The van der Waals surface area contributed by atoms with E-state index in [1.165, 1.54) is 29.7 Å². The van der Waals surface area contributed by atoms with E-state index in [1.54, 1.807) is 11.6 Å². The van der Waals surface area contributed by atoms with Gasteiger partial charge in [0.1, 0.15) is 4.70 Å². The van der Waals surface area contributed by atoms with Crippen LogP contribution < -0.4 is 5.56 Å². The third-order valence-corrected chi connectivity index (χ3v) is 6.73. The Morgan fingerprint density at radius 3 is 2.71 bits per heavy atom. The highest BCUT2D eigenvalue weighted by molar-refractivity contribution is 7.17. The molecule has 3 aromatic heterocycles. The molecule has 6 nitrogen and oxygen atoms in total. The van der Waals surface area contributed by atoms with Crippen LogP contribution in [0.3, 0.4) is 0 Å². The van der Waals surface area contributed by atoms with Gasteiger partial charge in [0, 0.05) is 24.2 Å². The van der Waals surface area contributed by atoms with E-state index in [4.69, 9.17) is 11.6 Å². The molecule has 1 atom stereocenters. The van der Waals surface area contributed by atoms with Crippen LogP contribution in [0.25, 0.3) is 16.0 Å². The molecule has 1 aliphatic rings. The summed E-state index contributed by atoms with van der Waals surface area (Å²) in [5.41, 5.74) is 2.10. The smallest absolute Gasteiger partial charge is 0.272 e. The Morgan fingerprint density at radius 2 is 2.00 bits per heavy atom. The summed E-state index contributed by atoms with van der Waals surface area (Å²) in [7, 11) is 1.75. The van der Waals surface area contributed by atoms with Crippen molar-refractivity contribution in [2.45, 2.75) is 38.4 Å². The minimum absolute atomic E-state index is 0.0231. The minimum atomic E-state index is -0.0231. The lowest BCUT2D eigenvalue weighted by Crippen LogP contribution is -2.30. The van der Waals surface area contributed by atoms with Crippen molar-refractivity contribution in [3.05, 3.63) is 62.5 Å². The van der Waals surface area contributed by atoms with E-state index in [0.29, 0.717) is 18.4 Å². The van der Waals surface area contributed by atoms with Gasteiger partial charge in [-0.3, -0.25) is 18.7 Å². The Morgan fingerprint density at radius 1 is 1.25 bits per heavy atom. The van der Waals surface area contributed by atoms with E-state index < -0.39 is 0 Å². The fourth-order valence-electron chi connectivity index (χ4n) is 3.84. The Bertz CT molecular complexity index is 1220. The van der Waals surface area contributed by atoms with Crippen LogP contribution in [0.2, 0.25) is 5.02 Å². The van der Waals surface area contributed by atoms with Crippen molar-refractivity contribution in [3.63, 3.8) is 0 Å².